The quantitative estimate of drug-likeness (QED) is 0.758. The summed E-state index contributed by atoms with van der Waals surface area (Å²) >= 11 is 0. The van der Waals surface area contributed by atoms with Crippen LogP contribution in [0.15, 0.2) is 6.20 Å². The molecule has 2 N–H and O–H groups in total. The van der Waals surface area contributed by atoms with Gasteiger partial charge in [-0.1, -0.05) is 0 Å². The fourth-order valence-electron chi connectivity index (χ4n) is 3.19. The Morgan fingerprint density at radius 3 is 2.22 bits per heavy atom. The van der Waals surface area contributed by atoms with Gasteiger partial charge < -0.3 is 15.2 Å². The second-order valence-corrected chi connectivity index (χ2v) is 6.59. The molecule has 0 atom stereocenters. The minimum atomic E-state index is -5.08. The molecule has 1 aliphatic heterocycles. The van der Waals surface area contributed by atoms with Gasteiger partial charge in [-0.05, 0) is 30.6 Å². The van der Waals surface area contributed by atoms with Crippen molar-refractivity contribution in [1.29, 1.82) is 0 Å². The maximum absolute atomic E-state index is 12.6. The van der Waals surface area contributed by atoms with Gasteiger partial charge >= 0.3 is 18.3 Å². The number of hydrogen-bond donors (Lipinski definition) is 2. The number of nitrogens with one attached hydrogen (secondary N) is 1. The lowest BCUT2D eigenvalue weighted by molar-refractivity contribution is -0.192. The lowest BCUT2D eigenvalue weighted by Crippen LogP contribution is -2.60. The third-order valence-electron chi connectivity index (χ3n) is 4.46. The van der Waals surface area contributed by atoms with Crippen LogP contribution in [0.3, 0.4) is 0 Å². The van der Waals surface area contributed by atoms with Crippen LogP contribution < -0.4 is 10.1 Å². The Morgan fingerprint density at radius 1 is 1.30 bits per heavy atom. The van der Waals surface area contributed by atoms with E-state index in [4.69, 9.17) is 14.6 Å². The van der Waals surface area contributed by atoms with Crippen LogP contribution in [0, 0.1) is 11.3 Å². The third-order valence-corrected chi connectivity index (χ3v) is 4.46. The van der Waals surface area contributed by atoms with Crippen LogP contribution in [-0.2, 0) is 17.4 Å². The number of aromatic nitrogens is 2. The fourth-order valence-corrected chi connectivity index (χ4v) is 3.19. The number of carbonyl (C=O) groups is 1. The van der Waals surface area contributed by atoms with Crippen molar-refractivity contribution in [3.8, 4) is 5.88 Å². The van der Waals surface area contributed by atoms with Crippen molar-refractivity contribution in [3.05, 3.63) is 17.6 Å². The van der Waals surface area contributed by atoms with Crippen molar-refractivity contribution >= 4 is 5.97 Å². The summed E-state index contributed by atoms with van der Waals surface area (Å²) in [5.41, 5.74) is -0.0453. The molecule has 1 aromatic rings. The Balaban J connectivity index is 0.000000321. The van der Waals surface area contributed by atoms with E-state index >= 15 is 0 Å². The average Bonchev–Trinajstić information content (AvgIpc) is 2.47. The average molecular weight is 401 g/mol. The fraction of sp³-hybridized carbons (Fsp3) is 0.667. The van der Waals surface area contributed by atoms with Crippen molar-refractivity contribution in [2.45, 2.75) is 31.6 Å². The molecule has 0 amide bonds. The molecule has 2 fully saturated rings. The highest BCUT2D eigenvalue weighted by molar-refractivity contribution is 5.73. The zero-order chi connectivity index (χ0) is 20.5. The van der Waals surface area contributed by atoms with Crippen LogP contribution in [-0.4, -0.2) is 47.4 Å². The van der Waals surface area contributed by atoms with E-state index in [0.29, 0.717) is 23.4 Å². The predicted molar refractivity (Wildman–Crippen MR) is 79.0 cm³/mol. The van der Waals surface area contributed by atoms with Gasteiger partial charge in [-0.15, -0.1) is 0 Å². The Hall–Kier alpha value is -2.11. The molecule has 1 spiro atoms. The highest BCUT2D eigenvalue weighted by Gasteiger charge is 2.48. The summed E-state index contributed by atoms with van der Waals surface area (Å²) in [7, 11) is 1.33. The molecule has 1 saturated carbocycles. The largest absolute Gasteiger partial charge is 0.490 e. The van der Waals surface area contributed by atoms with Crippen molar-refractivity contribution < 1.29 is 41.0 Å². The maximum Gasteiger partial charge on any atom is 0.490 e. The molecule has 0 aromatic carbocycles. The number of carboxylic acids is 1. The first-order chi connectivity index (χ1) is 12.4. The van der Waals surface area contributed by atoms with Crippen molar-refractivity contribution in [2.75, 3.05) is 20.2 Å². The van der Waals surface area contributed by atoms with E-state index in [1.807, 2.05) is 0 Å². The summed E-state index contributed by atoms with van der Waals surface area (Å²) in [4.78, 5) is 16.3. The molecule has 27 heavy (non-hydrogen) atoms. The minimum Gasteiger partial charge on any atom is -0.480 e. The van der Waals surface area contributed by atoms with Gasteiger partial charge in [0.25, 0.3) is 0 Å². The van der Waals surface area contributed by atoms with Gasteiger partial charge in [0, 0.05) is 13.1 Å². The second-order valence-electron chi connectivity index (χ2n) is 6.59. The summed E-state index contributed by atoms with van der Waals surface area (Å²) in [6.07, 6.45) is -5.94. The Morgan fingerprint density at radius 2 is 1.85 bits per heavy atom. The molecule has 152 valence electrons. The smallest absolute Gasteiger partial charge is 0.480 e. The van der Waals surface area contributed by atoms with Gasteiger partial charge in [-0.3, -0.25) is 4.98 Å². The van der Waals surface area contributed by atoms with Crippen LogP contribution in [0.2, 0.25) is 0 Å². The Labute approximate surface area is 149 Å². The molecular formula is C15H17F6N3O3. The van der Waals surface area contributed by atoms with Crippen molar-refractivity contribution in [3.63, 3.8) is 0 Å². The number of rotatable bonds is 3. The van der Waals surface area contributed by atoms with Crippen LogP contribution in [0.1, 0.15) is 24.2 Å². The first-order valence-electron chi connectivity index (χ1n) is 7.84. The summed E-state index contributed by atoms with van der Waals surface area (Å²) < 4.78 is 74.4. The zero-order valence-corrected chi connectivity index (χ0v) is 14.1. The molecule has 6 nitrogen and oxygen atoms in total. The van der Waals surface area contributed by atoms with Gasteiger partial charge in [0.1, 0.15) is 5.69 Å². The lowest BCUT2D eigenvalue weighted by atomic mass is 9.57. The van der Waals surface area contributed by atoms with E-state index in [1.165, 1.54) is 7.11 Å². The lowest BCUT2D eigenvalue weighted by Gasteiger charge is -2.54. The predicted octanol–water partition coefficient (Wildman–Crippen LogP) is 2.68. The molecule has 1 aliphatic carbocycles. The van der Waals surface area contributed by atoms with E-state index in [0.717, 1.165) is 32.1 Å². The van der Waals surface area contributed by atoms with Gasteiger partial charge in [0.2, 0.25) is 5.88 Å². The Kier molecular flexibility index (Phi) is 5.88. The normalized spacial score (nSPS) is 18.8. The monoisotopic (exact) mass is 401 g/mol. The minimum absolute atomic E-state index is 0.00694. The SMILES string of the molecule is COc1nc(C(F)(F)F)cnc1CC1CC2(CNC2)C1.O=C(O)C(F)(F)F. The molecule has 1 aromatic heterocycles. The summed E-state index contributed by atoms with van der Waals surface area (Å²) in [6, 6.07) is 0. The summed E-state index contributed by atoms with van der Waals surface area (Å²) in [6.45, 7) is 2.11. The van der Waals surface area contributed by atoms with E-state index in [-0.39, 0.29) is 5.88 Å². The van der Waals surface area contributed by atoms with Crippen molar-refractivity contribution in [2.24, 2.45) is 11.3 Å². The number of methoxy groups -OCH3 is 1. The molecule has 1 saturated heterocycles. The second kappa shape index (κ2) is 7.49. The van der Waals surface area contributed by atoms with Gasteiger partial charge in [-0.2, -0.15) is 26.3 Å². The number of ether oxygens (including phenoxy) is 1. The van der Waals surface area contributed by atoms with Gasteiger partial charge in [0.05, 0.1) is 13.3 Å². The number of halogens is 6. The molecule has 0 radical (unpaired) electrons. The number of carboxylic acid groups (broad SMARTS) is 1. The van der Waals surface area contributed by atoms with E-state index < -0.39 is 24.0 Å². The highest BCUT2D eigenvalue weighted by Crippen LogP contribution is 2.49. The highest BCUT2D eigenvalue weighted by atomic mass is 19.4. The summed E-state index contributed by atoms with van der Waals surface area (Å²) in [5, 5.41) is 10.4. The topological polar surface area (TPSA) is 84.3 Å². The number of aliphatic carboxylic acids is 1. The van der Waals surface area contributed by atoms with E-state index in [9.17, 15) is 26.3 Å². The van der Waals surface area contributed by atoms with Crippen molar-refractivity contribution in [1.82, 2.24) is 15.3 Å². The standard InChI is InChI=1S/C13H16F3N3O.C2HF3O2/c1-20-11-9(18-5-10(19-11)13(14,15)16)2-8-3-12(4-8)6-17-7-12;3-2(4,5)1(6)7/h5,8,17H,2-4,6-7H2,1H3;(H,6,7). The first-order valence-corrected chi connectivity index (χ1v) is 7.84. The van der Waals surface area contributed by atoms with Crippen LogP contribution >= 0.6 is 0 Å². The first kappa shape index (κ1) is 21.2. The maximum atomic E-state index is 12.6. The number of nitrogens with zero attached hydrogens (tertiary/aromatic N) is 2. The third kappa shape index (κ3) is 5.21. The number of alkyl halides is 6. The van der Waals surface area contributed by atoms with Crippen LogP contribution in [0.25, 0.3) is 0 Å². The molecular weight excluding hydrogens is 384 g/mol. The van der Waals surface area contributed by atoms with Gasteiger partial charge in [0.15, 0.2) is 5.69 Å². The van der Waals surface area contributed by atoms with Gasteiger partial charge in [-0.25, -0.2) is 9.78 Å². The molecule has 2 aliphatic rings. The summed E-state index contributed by atoms with van der Waals surface area (Å²) in [5.74, 6) is -2.29. The van der Waals surface area contributed by atoms with E-state index in [2.05, 4.69) is 15.3 Å². The molecule has 3 rings (SSSR count). The molecule has 12 heteroatoms. The molecule has 0 unspecified atom stereocenters. The van der Waals surface area contributed by atoms with Crippen LogP contribution in [0.4, 0.5) is 26.3 Å². The molecule has 2 heterocycles. The van der Waals surface area contributed by atoms with Crippen LogP contribution in [0.5, 0.6) is 5.88 Å². The van der Waals surface area contributed by atoms with E-state index in [1.54, 1.807) is 0 Å². The zero-order valence-electron chi connectivity index (χ0n) is 14.1. The Bertz CT molecular complexity index is 680. The number of hydrogen-bond acceptors (Lipinski definition) is 5. The molecule has 0 bridgehead atoms.